The predicted molar refractivity (Wildman–Crippen MR) is 128 cm³/mol. The molecular formula is C29H28F4O3. The van der Waals surface area contributed by atoms with Gasteiger partial charge in [0.15, 0.2) is 0 Å². The lowest BCUT2D eigenvalue weighted by atomic mass is 9.71. The maximum absolute atomic E-state index is 13.8. The first-order valence-corrected chi connectivity index (χ1v) is 12.2. The van der Waals surface area contributed by atoms with Gasteiger partial charge >= 0.3 is 6.18 Å². The largest absolute Gasteiger partial charge is 0.487 e. The lowest BCUT2D eigenvalue weighted by molar-refractivity contribution is -0.137. The molecule has 3 aromatic carbocycles. The molecule has 5 rings (SSSR count). The maximum atomic E-state index is 13.8. The van der Waals surface area contributed by atoms with Crippen LogP contribution in [0.15, 0.2) is 54.6 Å². The Morgan fingerprint density at radius 3 is 2.17 bits per heavy atom. The molecule has 0 unspecified atom stereocenters. The van der Waals surface area contributed by atoms with Crippen molar-refractivity contribution in [2.45, 2.75) is 69.4 Å². The van der Waals surface area contributed by atoms with E-state index in [0.717, 1.165) is 37.0 Å². The second-order valence-corrected chi connectivity index (χ2v) is 10.2. The molecule has 1 aliphatic heterocycles. The molecular weight excluding hydrogens is 472 g/mol. The van der Waals surface area contributed by atoms with Crippen LogP contribution in [0.4, 0.5) is 17.6 Å². The molecule has 0 bridgehead atoms. The van der Waals surface area contributed by atoms with Crippen LogP contribution in [0.25, 0.3) is 11.1 Å². The van der Waals surface area contributed by atoms with Crippen molar-refractivity contribution in [3.63, 3.8) is 0 Å². The average molecular weight is 501 g/mol. The van der Waals surface area contributed by atoms with Gasteiger partial charge in [-0.25, -0.2) is 4.39 Å². The number of hydrogen-bond acceptors (Lipinski definition) is 3. The number of hydrogen-bond donors (Lipinski definition) is 2. The van der Waals surface area contributed by atoms with Crippen LogP contribution in [0.5, 0.6) is 5.75 Å². The molecule has 0 radical (unpaired) electrons. The van der Waals surface area contributed by atoms with Crippen LogP contribution in [0.1, 0.15) is 85.5 Å². The molecule has 1 aliphatic carbocycles. The quantitative estimate of drug-likeness (QED) is 0.366. The molecule has 2 aliphatic rings. The molecule has 1 fully saturated rings. The fourth-order valence-electron chi connectivity index (χ4n) is 5.45. The van der Waals surface area contributed by atoms with Crippen molar-refractivity contribution in [1.82, 2.24) is 0 Å². The normalized spacial score (nSPS) is 19.5. The van der Waals surface area contributed by atoms with Gasteiger partial charge in [0.1, 0.15) is 23.3 Å². The zero-order valence-corrected chi connectivity index (χ0v) is 20.1. The highest BCUT2D eigenvalue weighted by Crippen LogP contribution is 2.54. The molecule has 3 nitrogen and oxygen atoms in total. The van der Waals surface area contributed by atoms with E-state index in [1.807, 2.05) is 19.9 Å². The summed E-state index contributed by atoms with van der Waals surface area (Å²) in [4.78, 5) is 0. The molecule has 190 valence electrons. The molecule has 0 aromatic heterocycles. The van der Waals surface area contributed by atoms with Gasteiger partial charge in [-0.2, -0.15) is 13.2 Å². The summed E-state index contributed by atoms with van der Waals surface area (Å²) < 4.78 is 59.7. The van der Waals surface area contributed by atoms with E-state index in [1.54, 1.807) is 12.1 Å². The SMILES string of the molecule is CC(C)c1cc2c(c(-c3ccc(F)cc3)c1[C@H](O)c1ccc(C(F)(F)F)cc1)[C@@H](O)CC1(CCC1)O2. The van der Waals surface area contributed by atoms with Gasteiger partial charge in [-0.15, -0.1) is 0 Å². The first-order chi connectivity index (χ1) is 17.0. The smallest absolute Gasteiger partial charge is 0.416 e. The highest BCUT2D eigenvalue weighted by molar-refractivity contribution is 5.78. The van der Waals surface area contributed by atoms with Gasteiger partial charge in [0.2, 0.25) is 0 Å². The first-order valence-electron chi connectivity index (χ1n) is 12.2. The lowest BCUT2D eigenvalue weighted by Gasteiger charge is -2.47. The molecule has 1 spiro atoms. The van der Waals surface area contributed by atoms with E-state index in [1.165, 1.54) is 24.3 Å². The zero-order valence-electron chi connectivity index (χ0n) is 20.1. The number of alkyl halides is 3. The zero-order chi connectivity index (χ0) is 25.8. The van der Waals surface area contributed by atoms with Crippen molar-refractivity contribution in [3.05, 3.63) is 88.2 Å². The van der Waals surface area contributed by atoms with Gasteiger partial charge in [-0.1, -0.05) is 38.1 Å². The predicted octanol–water partition coefficient (Wildman–Crippen LogP) is 7.46. The highest BCUT2D eigenvalue weighted by atomic mass is 19.4. The van der Waals surface area contributed by atoms with E-state index in [4.69, 9.17) is 4.74 Å². The van der Waals surface area contributed by atoms with Crippen molar-refractivity contribution in [2.75, 3.05) is 0 Å². The molecule has 0 saturated heterocycles. The summed E-state index contributed by atoms with van der Waals surface area (Å²) in [5.74, 6) is 0.0381. The number of aliphatic hydroxyl groups excluding tert-OH is 2. The summed E-state index contributed by atoms with van der Waals surface area (Å²) in [6.45, 7) is 3.91. The molecule has 3 aromatic rings. The first kappa shape index (κ1) is 24.8. The van der Waals surface area contributed by atoms with Gasteiger partial charge in [-0.05, 0) is 83.3 Å². The van der Waals surface area contributed by atoms with Crippen molar-refractivity contribution in [2.24, 2.45) is 0 Å². The second kappa shape index (κ2) is 8.89. The monoisotopic (exact) mass is 500 g/mol. The minimum Gasteiger partial charge on any atom is -0.487 e. The molecule has 2 atom stereocenters. The minimum absolute atomic E-state index is 0.0754. The number of benzene rings is 3. The summed E-state index contributed by atoms with van der Waals surface area (Å²) >= 11 is 0. The molecule has 36 heavy (non-hydrogen) atoms. The molecule has 1 heterocycles. The van der Waals surface area contributed by atoms with E-state index >= 15 is 0 Å². The Hall–Kier alpha value is -2.90. The van der Waals surface area contributed by atoms with Crippen LogP contribution in [0.2, 0.25) is 0 Å². The summed E-state index contributed by atoms with van der Waals surface area (Å²) in [5.41, 5.74) is 1.94. The highest BCUT2D eigenvalue weighted by Gasteiger charge is 2.47. The third-order valence-electron chi connectivity index (χ3n) is 7.47. The van der Waals surface area contributed by atoms with Gasteiger partial charge in [0.05, 0.1) is 11.7 Å². The van der Waals surface area contributed by atoms with E-state index in [9.17, 15) is 27.8 Å². The van der Waals surface area contributed by atoms with Crippen molar-refractivity contribution < 1.29 is 32.5 Å². The molecule has 0 amide bonds. The Morgan fingerprint density at radius 2 is 1.64 bits per heavy atom. The Bertz CT molecular complexity index is 1260. The Labute approximate surface area is 207 Å². The second-order valence-electron chi connectivity index (χ2n) is 10.2. The lowest BCUT2D eigenvalue weighted by Crippen LogP contribution is -2.47. The Balaban J connectivity index is 1.74. The number of aliphatic hydroxyl groups is 2. The Kier molecular flexibility index (Phi) is 6.12. The van der Waals surface area contributed by atoms with E-state index in [-0.39, 0.29) is 11.5 Å². The van der Waals surface area contributed by atoms with Crippen LogP contribution in [0.3, 0.4) is 0 Å². The number of rotatable bonds is 4. The van der Waals surface area contributed by atoms with Crippen LogP contribution in [0, 0.1) is 5.82 Å². The summed E-state index contributed by atoms with van der Waals surface area (Å²) in [7, 11) is 0. The molecule has 2 N–H and O–H groups in total. The third kappa shape index (κ3) is 4.28. The fourth-order valence-corrected chi connectivity index (χ4v) is 5.45. The minimum atomic E-state index is -4.49. The van der Waals surface area contributed by atoms with Gasteiger partial charge < -0.3 is 14.9 Å². The van der Waals surface area contributed by atoms with Crippen LogP contribution < -0.4 is 4.74 Å². The van der Waals surface area contributed by atoms with E-state index in [0.29, 0.717) is 34.4 Å². The topological polar surface area (TPSA) is 49.7 Å². The van der Waals surface area contributed by atoms with Gasteiger partial charge in [0.25, 0.3) is 0 Å². The van der Waals surface area contributed by atoms with Crippen molar-refractivity contribution >= 4 is 0 Å². The summed E-state index contributed by atoms with van der Waals surface area (Å²) in [6.07, 6.45) is -3.50. The van der Waals surface area contributed by atoms with Crippen LogP contribution in [-0.4, -0.2) is 15.8 Å². The van der Waals surface area contributed by atoms with Gasteiger partial charge in [0, 0.05) is 12.0 Å². The van der Waals surface area contributed by atoms with E-state index < -0.39 is 35.4 Å². The standard InChI is InChI=1S/C29H28F4O3/c1-16(2)21-14-23-26(22(34)15-28(36-23)12-3-13-28)24(17-6-10-20(30)11-7-17)25(21)27(35)18-4-8-19(9-5-18)29(31,32)33/h4-11,14,16,22,27,34-35H,3,12-13,15H2,1-2H3/t22-,27+/m0/s1. The third-order valence-corrected chi connectivity index (χ3v) is 7.47. The average Bonchev–Trinajstić information content (AvgIpc) is 2.81. The van der Waals surface area contributed by atoms with E-state index in [2.05, 4.69) is 0 Å². The van der Waals surface area contributed by atoms with Crippen molar-refractivity contribution in [3.8, 4) is 16.9 Å². The number of halogens is 4. The maximum Gasteiger partial charge on any atom is 0.416 e. The summed E-state index contributed by atoms with van der Waals surface area (Å²) in [6, 6.07) is 12.0. The van der Waals surface area contributed by atoms with Gasteiger partial charge in [-0.3, -0.25) is 0 Å². The molecule has 1 saturated carbocycles. The Morgan fingerprint density at radius 1 is 1.00 bits per heavy atom. The van der Waals surface area contributed by atoms with Crippen molar-refractivity contribution in [1.29, 1.82) is 0 Å². The number of ether oxygens (including phenoxy) is 1. The summed E-state index contributed by atoms with van der Waals surface area (Å²) in [5, 5.41) is 22.9. The fraction of sp³-hybridized carbons (Fsp3) is 0.379. The van der Waals surface area contributed by atoms with Crippen LogP contribution >= 0.6 is 0 Å². The molecule has 7 heteroatoms. The number of fused-ring (bicyclic) bond motifs is 1. The van der Waals surface area contributed by atoms with Crippen LogP contribution in [-0.2, 0) is 6.18 Å².